The number of nitrogens with zero attached hydrogens (tertiary/aromatic N) is 6. The lowest BCUT2D eigenvalue weighted by Gasteiger charge is -2.35. The van der Waals surface area contributed by atoms with E-state index in [-0.39, 0.29) is 36.0 Å². The van der Waals surface area contributed by atoms with E-state index in [2.05, 4.69) is 21.5 Å². The second kappa shape index (κ2) is 12.9. The van der Waals surface area contributed by atoms with Gasteiger partial charge in [-0.2, -0.15) is 10.4 Å². The van der Waals surface area contributed by atoms with E-state index in [1.165, 1.54) is 14.5 Å². The van der Waals surface area contributed by atoms with Crippen molar-refractivity contribution in [2.45, 2.75) is 56.5 Å². The van der Waals surface area contributed by atoms with Gasteiger partial charge in [-0.25, -0.2) is 9.48 Å². The SMILES string of the molecule is CC(C#N)N(C(=O)CNCCC1(c2nn(C)c(=O)[nH]2)c2ccc(C(=O)N(C)C)cc2CCc2cc(C(=O)N(C)C)ccc21)C1CC1. The summed E-state index contributed by atoms with van der Waals surface area (Å²) < 4.78 is 1.27. The fraction of sp³-hybridized carbons (Fsp3) is 0.471. The lowest BCUT2D eigenvalue weighted by molar-refractivity contribution is -0.131. The van der Waals surface area contributed by atoms with Crippen LogP contribution < -0.4 is 11.0 Å². The molecular formula is C34H42N8O4. The van der Waals surface area contributed by atoms with E-state index < -0.39 is 11.5 Å². The second-order valence-electron chi connectivity index (χ2n) is 12.7. The second-order valence-corrected chi connectivity index (χ2v) is 12.7. The van der Waals surface area contributed by atoms with Gasteiger partial charge < -0.3 is 20.0 Å². The molecule has 1 saturated carbocycles. The van der Waals surface area contributed by atoms with Crippen molar-refractivity contribution in [3.05, 3.63) is 86.1 Å². The Morgan fingerprint density at radius 1 is 1.02 bits per heavy atom. The van der Waals surface area contributed by atoms with Crippen LogP contribution in [0.25, 0.3) is 0 Å². The zero-order valence-corrected chi connectivity index (χ0v) is 27.4. The topological polar surface area (TPSA) is 147 Å². The minimum atomic E-state index is -0.979. The Kier molecular flexibility index (Phi) is 9.17. The number of hydrogen-bond acceptors (Lipinski definition) is 7. The Labute approximate surface area is 269 Å². The van der Waals surface area contributed by atoms with E-state index in [4.69, 9.17) is 0 Å². The number of aryl methyl sites for hydroxylation is 3. The first-order chi connectivity index (χ1) is 21.9. The summed E-state index contributed by atoms with van der Waals surface area (Å²) in [7, 11) is 8.44. The first kappa shape index (κ1) is 32.6. The standard InChI is InChI=1S/C34H42N8O4/c1-21(19-35)42(26-11-12-26)29(43)20-36-16-15-34(32-37-33(46)41(6)38-32)27-13-9-24(30(44)39(2)3)17-22(27)7-8-23-18-25(10-14-28(23)34)31(45)40(4)5/h9-10,13-14,17-18,21,26,36H,7-8,11-12,15-16,20H2,1-6H3,(H,37,38,46). The third-order valence-electron chi connectivity index (χ3n) is 9.06. The van der Waals surface area contributed by atoms with Crippen LogP contribution in [-0.4, -0.2) is 101 Å². The van der Waals surface area contributed by atoms with Crippen molar-refractivity contribution in [2.75, 3.05) is 41.3 Å². The highest BCUT2D eigenvalue weighted by molar-refractivity contribution is 5.95. The van der Waals surface area contributed by atoms with E-state index in [9.17, 15) is 24.4 Å². The van der Waals surface area contributed by atoms with E-state index in [1.807, 2.05) is 24.3 Å². The van der Waals surface area contributed by atoms with Crippen LogP contribution in [0.2, 0.25) is 0 Å². The van der Waals surface area contributed by atoms with Gasteiger partial charge in [0.2, 0.25) is 5.91 Å². The zero-order chi connectivity index (χ0) is 33.3. The molecule has 1 heterocycles. The molecule has 0 bridgehead atoms. The van der Waals surface area contributed by atoms with Crippen molar-refractivity contribution in [1.82, 2.24) is 34.8 Å². The molecule has 12 nitrogen and oxygen atoms in total. The van der Waals surface area contributed by atoms with E-state index in [1.54, 1.807) is 59.2 Å². The average Bonchev–Trinajstić information content (AvgIpc) is 3.83. The number of rotatable bonds is 10. The molecule has 3 aromatic rings. The molecule has 12 heteroatoms. The zero-order valence-electron chi connectivity index (χ0n) is 27.4. The summed E-state index contributed by atoms with van der Waals surface area (Å²) in [6.07, 6.45) is 3.41. The highest BCUT2D eigenvalue weighted by Gasteiger charge is 2.44. The molecule has 46 heavy (non-hydrogen) atoms. The predicted molar refractivity (Wildman–Crippen MR) is 172 cm³/mol. The average molecular weight is 627 g/mol. The quantitative estimate of drug-likeness (QED) is 0.327. The number of fused-ring (bicyclic) bond motifs is 2. The Morgan fingerprint density at radius 3 is 2.00 bits per heavy atom. The number of nitrogens with one attached hydrogen (secondary N) is 2. The van der Waals surface area contributed by atoms with Crippen LogP contribution in [-0.2, 0) is 30.1 Å². The Morgan fingerprint density at radius 2 is 1.57 bits per heavy atom. The van der Waals surface area contributed by atoms with E-state index >= 15 is 0 Å². The lowest BCUT2D eigenvalue weighted by atomic mass is 9.69. The molecule has 1 aromatic heterocycles. The molecule has 2 aromatic carbocycles. The number of hydrogen-bond donors (Lipinski definition) is 2. The number of amides is 3. The number of nitriles is 1. The van der Waals surface area contributed by atoms with Crippen LogP contribution in [0.15, 0.2) is 41.2 Å². The minimum Gasteiger partial charge on any atom is -0.345 e. The molecule has 1 fully saturated rings. The molecule has 3 amide bonds. The summed E-state index contributed by atoms with van der Waals surface area (Å²) in [5.74, 6) is 0.0744. The molecule has 0 saturated heterocycles. The van der Waals surface area contributed by atoms with Crippen LogP contribution in [0, 0.1) is 11.3 Å². The maximum absolute atomic E-state index is 13.2. The molecule has 2 N–H and O–H groups in total. The molecule has 0 aliphatic heterocycles. The van der Waals surface area contributed by atoms with Gasteiger partial charge >= 0.3 is 5.69 Å². The van der Waals surface area contributed by atoms with Crippen molar-refractivity contribution < 1.29 is 14.4 Å². The fourth-order valence-corrected chi connectivity index (χ4v) is 6.58. The molecular weight excluding hydrogens is 584 g/mol. The first-order valence-electron chi connectivity index (χ1n) is 15.6. The number of H-pyrrole nitrogens is 1. The molecule has 5 rings (SSSR count). The van der Waals surface area contributed by atoms with Crippen molar-refractivity contribution >= 4 is 17.7 Å². The molecule has 242 valence electrons. The number of carbonyl (C=O) groups is 3. The minimum absolute atomic E-state index is 0.0591. The van der Waals surface area contributed by atoms with Gasteiger partial charge in [-0.3, -0.25) is 19.4 Å². The lowest BCUT2D eigenvalue weighted by Crippen LogP contribution is -2.45. The first-order valence-corrected chi connectivity index (χ1v) is 15.6. The maximum Gasteiger partial charge on any atom is 0.343 e. The third-order valence-corrected chi connectivity index (χ3v) is 9.06. The summed E-state index contributed by atoms with van der Waals surface area (Å²) in [4.78, 5) is 59.8. The van der Waals surface area contributed by atoms with Crippen molar-refractivity contribution in [3.63, 3.8) is 0 Å². The number of carbonyl (C=O) groups excluding carboxylic acids is 3. The Balaban J connectivity index is 1.62. The third kappa shape index (κ3) is 6.07. The van der Waals surface area contributed by atoms with Gasteiger partial charge in [0.1, 0.15) is 11.9 Å². The predicted octanol–water partition coefficient (Wildman–Crippen LogP) is 1.83. The number of aromatic amines is 1. The molecule has 0 radical (unpaired) electrons. The highest BCUT2D eigenvalue weighted by atomic mass is 16.2. The Hall–Kier alpha value is -4.76. The van der Waals surface area contributed by atoms with Crippen molar-refractivity contribution in [1.29, 1.82) is 5.26 Å². The summed E-state index contributed by atoms with van der Waals surface area (Å²) >= 11 is 0. The normalized spacial score (nSPS) is 15.5. The van der Waals surface area contributed by atoms with Gasteiger partial charge in [-0.05, 0) is 92.1 Å². The van der Waals surface area contributed by atoms with Gasteiger partial charge in [-0.15, -0.1) is 0 Å². The smallest absolute Gasteiger partial charge is 0.343 e. The number of benzene rings is 2. The van der Waals surface area contributed by atoms with Crippen LogP contribution in [0.4, 0.5) is 0 Å². The van der Waals surface area contributed by atoms with Gasteiger partial charge in [-0.1, -0.05) is 12.1 Å². The Bertz CT molecular complexity index is 1690. The van der Waals surface area contributed by atoms with Crippen LogP contribution in [0.5, 0.6) is 0 Å². The summed E-state index contributed by atoms with van der Waals surface area (Å²) in [6, 6.07) is 13.1. The van der Waals surface area contributed by atoms with Crippen LogP contribution in [0.1, 0.15) is 75.0 Å². The fourth-order valence-electron chi connectivity index (χ4n) is 6.58. The van der Waals surface area contributed by atoms with Crippen molar-refractivity contribution in [2.24, 2.45) is 7.05 Å². The van der Waals surface area contributed by atoms with E-state index in [0.29, 0.717) is 42.8 Å². The molecule has 1 atom stereocenters. The largest absolute Gasteiger partial charge is 0.345 e. The monoisotopic (exact) mass is 626 g/mol. The van der Waals surface area contributed by atoms with Gasteiger partial charge in [0, 0.05) is 52.4 Å². The molecule has 1 unspecified atom stereocenters. The number of aromatic nitrogens is 3. The molecule has 2 aliphatic rings. The van der Waals surface area contributed by atoms with Crippen LogP contribution in [0.3, 0.4) is 0 Å². The van der Waals surface area contributed by atoms with Crippen molar-refractivity contribution in [3.8, 4) is 6.07 Å². The van der Waals surface area contributed by atoms with Gasteiger partial charge in [0.05, 0.1) is 18.0 Å². The summed E-state index contributed by atoms with van der Waals surface area (Å²) in [5.41, 5.74) is 3.43. The summed E-state index contributed by atoms with van der Waals surface area (Å²) in [6.45, 7) is 2.18. The van der Waals surface area contributed by atoms with E-state index in [0.717, 1.165) is 35.1 Å². The molecule has 0 spiro atoms. The van der Waals surface area contributed by atoms with Crippen LogP contribution >= 0.6 is 0 Å². The maximum atomic E-state index is 13.2. The highest BCUT2D eigenvalue weighted by Crippen LogP contribution is 2.46. The van der Waals surface area contributed by atoms with Gasteiger partial charge in [0.15, 0.2) is 0 Å². The van der Waals surface area contributed by atoms with Gasteiger partial charge in [0.25, 0.3) is 11.8 Å². The summed E-state index contributed by atoms with van der Waals surface area (Å²) in [5, 5.41) is 17.5. The molecule has 2 aliphatic carbocycles.